The number of methoxy groups -OCH3 is 4. The summed E-state index contributed by atoms with van der Waals surface area (Å²) in [7, 11) is 6.56. The first-order chi connectivity index (χ1) is 41.0. The van der Waals surface area contributed by atoms with Crippen molar-refractivity contribution >= 4 is 46.4 Å². The van der Waals surface area contributed by atoms with Crippen LogP contribution in [0.2, 0.25) is 0 Å². The largest absolute Gasteiger partial charge is 0.491 e. The molecule has 21 nitrogen and oxygen atoms in total. The van der Waals surface area contributed by atoms with Crippen LogP contribution in [-0.2, 0) is 56.8 Å². The van der Waals surface area contributed by atoms with Crippen molar-refractivity contribution in [2.24, 2.45) is 0 Å². The van der Waals surface area contributed by atoms with Gasteiger partial charge in [0.25, 0.3) is 0 Å². The molecule has 0 fully saturated rings. The second-order valence-electron chi connectivity index (χ2n) is 18.2. The Labute approximate surface area is 485 Å². The van der Waals surface area contributed by atoms with Crippen molar-refractivity contribution in [3.63, 3.8) is 0 Å². The van der Waals surface area contributed by atoms with Crippen LogP contribution < -0.4 is 18.9 Å². The minimum Gasteiger partial charge on any atom is -0.491 e. The number of nitrogens with one attached hydrogen (secondary N) is 1. The lowest BCUT2D eigenvalue weighted by molar-refractivity contribution is 0.0174. The molecule has 0 saturated heterocycles. The van der Waals surface area contributed by atoms with Gasteiger partial charge in [0.05, 0.1) is 178 Å². The van der Waals surface area contributed by atoms with E-state index in [0.29, 0.717) is 189 Å². The van der Waals surface area contributed by atoms with Gasteiger partial charge in [-0.2, -0.15) is 0 Å². The van der Waals surface area contributed by atoms with E-state index in [1.165, 1.54) is 0 Å². The van der Waals surface area contributed by atoms with Crippen molar-refractivity contribution in [2.75, 3.05) is 187 Å². The van der Waals surface area contributed by atoms with E-state index in [1.54, 1.807) is 40.8 Å². The topological polar surface area (TPSA) is 215 Å². The Bertz CT molecular complexity index is 2680. The molecule has 0 amide bonds. The molecule has 0 radical (unpaired) electrons. The first kappa shape index (κ1) is 63.9. The van der Waals surface area contributed by atoms with Crippen LogP contribution in [0.15, 0.2) is 85.2 Å². The summed E-state index contributed by atoms with van der Waals surface area (Å²) in [5.74, 6) is 2.24. The zero-order valence-electron chi connectivity index (χ0n) is 48.2. The van der Waals surface area contributed by atoms with Gasteiger partial charge < -0.3 is 80.8 Å². The van der Waals surface area contributed by atoms with Crippen LogP contribution >= 0.6 is 0 Å². The first-order valence-corrected chi connectivity index (χ1v) is 27.8. The lowest BCUT2D eigenvalue weighted by Crippen LogP contribution is -2.13. The van der Waals surface area contributed by atoms with Gasteiger partial charge in [0.15, 0.2) is 0 Å². The number of para-hydroxylation sites is 2. The highest BCUT2D eigenvalue weighted by Gasteiger charge is 2.18. The van der Waals surface area contributed by atoms with Crippen LogP contribution in [0.1, 0.15) is 22.8 Å². The lowest BCUT2D eigenvalue weighted by atomic mass is 10.0. The maximum absolute atomic E-state index is 6.40. The van der Waals surface area contributed by atoms with Gasteiger partial charge in [0, 0.05) is 62.7 Å². The third-order valence-corrected chi connectivity index (χ3v) is 12.2. The number of rotatable bonds is 42. The first-order valence-electron chi connectivity index (χ1n) is 27.8. The number of aromatic amines is 1. The average molecular weight is 1150 g/mol. The van der Waals surface area contributed by atoms with Crippen molar-refractivity contribution in [3.05, 3.63) is 108 Å². The Balaban J connectivity index is 1.30. The maximum Gasteiger partial charge on any atom is 0.123 e. The van der Waals surface area contributed by atoms with Gasteiger partial charge >= 0.3 is 0 Å². The molecule has 7 rings (SSSR count). The molecular formula is C62H79N5O16. The second-order valence-corrected chi connectivity index (χ2v) is 18.2. The van der Waals surface area contributed by atoms with Gasteiger partial charge in [-0.1, -0.05) is 12.1 Å². The third-order valence-electron chi connectivity index (χ3n) is 12.2. The predicted molar refractivity (Wildman–Crippen MR) is 316 cm³/mol. The van der Waals surface area contributed by atoms with Gasteiger partial charge in [-0.15, -0.1) is 0 Å². The number of H-pyrrole nitrogens is 1. The Morgan fingerprint density at radius 3 is 0.916 bits per heavy atom. The summed E-state index contributed by atoms with van der Waals surface area (Å²) in [6.07, 6.45) is 11.3. The average Bonchev–Trinajstić information content (AvgIpc) is 4.18. The summed E-state index contributed by atoms with van der Waals surface area (Å²) in [4.78, 5) is 23.8. The fourth-order valence-electron chi connectivity index (χ4n) is 8.20. The summed E-state index contributed by atoms with van der Waals surface area (Å²) in [5.41, 5.74) is 8.48. The summed E-state index contributed by atoms with van der Waals surface area (Å²) >= 11 is 0. The van der Waals surface area contributed by atoms with E-state index in [2.05, 4.69) is 4.98 Å². The molecule has 2 aliphatic rings. The highest BCUT2D eigenvalue weighted by Crippen LogP contribution is 2.39. The molecular weight excluding hydrogens is 1070 g/mol. The Kier molecular flexibility index (Phi) is 29.4. The van der Waals surface area contributed by atoms with Crippen LogP contribution in [0, 0.1) is 0 Å². The van der Waals surface area contributed by atoms with Crippen molar-refractivity contribution in [3.8, 4) is 45.3 Å². The van der Waals surface area contributed by atoms with Crippen LogP contribution in [0.3, 0.4) is 0 Å². The number of hydrogen-bond donors (Lipinski definition) is 1. The van der Waals surface area contributed by atoms with E-state index >= 15 is 0 Å². The second kappa shape index (κ2) is 38.2. The molecule has 4 heterocycles. The van der Waals surface area contributed by atoms with Gasteiger partial charge in [-0.3, -0.25) is 9.97 Å². The lowest BCUT2D eigenvalue weighted by Gasteiger charge is -2.14. The Morgan fingerprint density at radius 1 is 0.325 bits per heavy atom. The Morgan fingerprint density at radius 2 is 0.614 bits per heavy atom. The molecule has 1 N–H and O–H groups in total. The molecule has 0 aliphatic carbocycles. The number of aromatic nitrogens is 5. The molecule has 21 heteroatoms. The van der Waals surface area contributed by atoms with Crippen molar-refractivity contribution < 1.29 is 75.8 Å². The molecule has 6 bridgehead atoms. The summed E-state index contributed by atoms with van der Waals surface area (Å²) in [6.45, 7) is 9.85. The number of ether oxygens (including phenoxy) is 16. The predicted octanol–water partition coefficient (Wildman–Crippen LogP) is 8.25. The molecule has 2 aromatic heterocycles. The summed E-state index contributed by atoms with van der Waals surface area (Å²) < 4.78 is 91.6. The molecule has 0 atom stereocenters. The number of fused-ring (bicyclic) bond motifs is 7. The van der Waals surface area contributed by atoms with E-state index in [9.17, 15) is 0 Å². The monoisotopic (exact) mass is 1150 g/mol. The molecule has 2 aliphatic heterocycles. The fourth-order valence-corrected chi connectivity index (χ4v) is 8.20. The van der Waals surface area contributed by atoms with Crippen molar-refractivity contribution in [1.82, 2.24) is 24.9 Å². The zero-order chi connectivity index (χ0) is 57.8. The zero-order valence-corrected chi connectivity index (χ0v) is 48.2. The van der Waals surface area contributed by atoms with Crippen LogP contribution in [0.4, 0.5) is 0 Å². The van der Waals surface area contributed by atoms with Gasteiger partial charge in [0.2, 0.25) is 0 Å². The number of nitrogens with zero attached hydrogens (tertiary/aromatic N) is 4. The Hall–Kier alpha value is -6.70. The fraction of sp³-hybridized carbons (Fsp3) is 0.452. The van der Waals surface area contributed by atoms with Gasteiger partial charge in [-0.05, 0) is 84.0 Å². The molecule has 0 unspecified atom stereocenters. The smallest absolute Gasteiger partial charge is 0.123 e. The van der Waals surface area contributed by atoms with E-state index in [0.717, 1.165) is 33.3 Å². The minimum absolute atomic E-state index is 0.269. The van der Waals surface area contributed by atoms with E-state index in [1.807, 2.05) is 97.1 Å². The maximum atomic E-state index is 6.40. The van der Waals surface area contributed by atoms with Gasteiger partial charge in [0.1, 0.15) is 49.4 Å². The number of hydrogen-bond acceptors (Lipinski definition) is 20. The minimum atomic E-state index is 0.269. The van der Waals surface area contributed by atoms with E-state index in [4.69, 9.17) is 95.7 Å². The molecule has 5 aromatic rings. The van der Waals surface area contributed by atoms with Crippen molar-refractivity contribution in [1.29, 1.82) is 0 Å². The molecule has 448 valence electrons. The van der Waals surface area contributed by atoms with E-state index < -0.39 is 0 Å². The standard InChI is InChI=1S/C62H79N5O16/c1-68-15-19-72-23-27-76-31-35-80-51-39-47(40-52(43-51)81-36-32-77-28-24-73-20-16-69-2)61-57-11-9-49(65-57)45-63-55-7-5-6-8-56(55)64-46-50-10-12-58(66-50)62(60-14-13-59(61)67-60)48-41-53(82-37-33-78-29-25-74-21-17-70-3)44-54(42-48)83-38-34-79-30-26-75-22-18-71-4/h5-14,39-46,67H,15-38H2,1-4H3. The van der Waals surface area contributed by atoms with Gasteiger partial charge in [-0.25, -0.2) is 9.97 Å². The molecule has 83 heavy (non-hydrogen) atoms. The highest BCUT2D eigenvalue weighted by molar-refractivity contribution is 5.95. The van der Waals surface area contributed by atoms with Crippen LogP contribution in [0.5, 0.6) is 23.0 Å². The highest BCUT2D eigenvalue weighted by atomic mass is 16.6. The summed E-state index contributed by atoms with van der Waals surface area (Å²) in [5, 5.41) is 0. The molecule has 3 aromatic carbocycles. The molecule has 0 spiro atoms. The molecule has 0 saturated carbocycles. The van der Waals surface area contributed by atoms with Crippen LogP contribution in [-0.4, -0.2) is 212 Å². The van der Waals surface area contributed by atoms with Crippen molar-refractivity contribution in [2.45, 2.75) is 0 Å². The third kappa shape index (κ3) is 22.8. The quantitative estimate of drug-likeness (QED) is 0.0357. The SMILES string of the molecule is COCCOCCOCCOc1cc(OCCOCCOCCOC)cc(-c2c3nc(cnc4ccccc4ncc4nc(c(-c5cc(OCCOCCOCCOC)cc(OCCOCCOCCOC)c5)c5ccc2[nH]5)C=C4)C=C3)c1. The normalized spacial score (nSPS) is 11.8. The summed E-state index contributed by atoms with van der Waals surface area (Å²) in [6, 6.07) is 23.3. The number of benzene rings is 3. The van der Waals surface area contributed by atoms with E-state index in [-0.39, 0.29) is 26.4 Å². The van der Waals surface area contributed by atoms with Crippen LogP contribution in [0.25, 0.3) is 68.6 Å².